The SMILES string of the molecule is CN(Cc1c(F)cccc1Cl)C(=O)c1cc(N)n[nH]1. The molecule has 7 heteroatoms. The number of anilines is 1. The van der Waals surface area contributed by atoms with E-state index in [4.69, 9.17) is 17.3 Å². The number of nitrogens with two attached hydrogens (primary N) is 1. The summed E-state index contributed by atoms with van der Waals surface area (Å²) < 4.78 is 13.6. The quantitative estimate of drug-likeness (QED) is 0.905. The van der Waals surface area contributed by atoms with Gasteiger partial charge in [-0.05, 0) is 12.1 Å². The van der Waals surface area contributed by atoms with Gasteiger partial charge in [0.25, 0.3) is 5.91 Å². The largest absolute Gasteiger partial charge is 0.382 e. The number of benzene rings is 1. The fourth-order valence-corrected chi connectivity index (χ4v) is 1.87. The first-order valence-corrected chi connectivity index (χ1v) is 5.86. The molecule has 19 heavy (non-hydrogen) atoms. The topological polar surface area (TPSA) is 75.0 Å². The first kappa shape index (κ1) is 13.4. The highest BCUT2D eigenvalue weighted by Crippen LogP contribution is 2.20. The smallest absolute Gasteiger partial charge is 0.271 e. The maximum absolute atomic E-state index is 13.6. The number of carbonyl (C=O) groups is 1. The zero-order chi connectivity index (χ0) is 14.0. The van der Waals surface area contributed by atoms with Crippen molar-refractivity contribution in [3.05, 3.63) is 46.4 Å². The van der Waals surface area contributed by atoms with E-state index in [-0.39, 0.29) is 34.5 Å². The van der Waals surface area contributed by atoms with Crippen molar-refractivity contribution in [1.82, 2.24) is 15.1 Å². The Labute approximate surface area is 114 Å². The summed E-state index contributed by atoms with van der Waals surface area (Å²) >= 11 is 5.91. The summed E-state index contributed by atoms with van der Waals surface area (Å²) in [4.78, 5) is 13.3. The second-order valence-electron chi connectivity index (χ2n) is 4.07. The molecule has 2 rings (SSSR count). The lowest BCUT2D eigenvalue weighted by Gasteiger charge is -2.17. The molecule has 0 saturated heterocycles. The van der Waals surface area contributed by atoms with Crippen LogP contribution in [-0.2, 0) is 6.54 Å². The molecule has 0 aliphatic rings. The van der Waals surface area contributed by atoms with Gasteiger partial charge in [-0.2, -0.15) is 5.10 Å². The number of aromatic amines is 1. The molecule has 1 aromatic carbocycles. The van der Waals surface area contributed by atoms with Crippen LogP contribution in [-0.4, -0.2) is 28.1 Å². The van der Waals surface area contributed by atoms with E-state index in [9.17, 15) is 9.18 Å². The van der Waals surface area contributed by atoms with E-state index in [1.165, 1.54) is 23.1 Å². The fourth-order valence-electron chi connectivity index (χ4n) is 1.64. The first-order chi connectivity index (χ1) is 8.99. The summed E-state index contributed by atoms with van der Waals surface area (Å²) in [6.07, 6.45) is 0. The molecule has 0 radical (unpaired) electrons. The van der Waals surface area contributed by atoms with Crippen LogP contribution in [0.15, 0.2) is 24.3 Å². The molecule has 2 aromatic rings. The minimum absolute atomic E-state index is 0.0588. The van der Waals surface area contributed by atoms with Crippen LogP contribution in [0.4, 0.5) is 10.2 Å². The van der Waals surface area contributed by atoms with Crippen molar-refractivity contribution in [1.29, 1.82) is 0 Å². The number of H-pyrrole nitrogens is 1. The lowest BCUT2D eigenvalue weighted by Crippen LogP contribution is -2.27. The van der Waals surface area contributed by atoms with Gasteiger partial charge in [0.05, 0.1) is 6.54 Å². The van der Waals surface area contributed by atoms with Crippen LogP contribution in [0.2, 0.25) is 5.02 Å². The number of hydrogen-bond donors (Lipinski definition) is 2. The summed E-state index contributed by atoms with van der Waals surface area (Å²) in [6.45, 7) is 0.0588. The predicted octanol–water partition coefficient (Wildman–Crippen LogP) is 2.06. The summed E-state index contributed by atoms with van der Waals surface area (Å²) in [5.41, 5.74) is 5.94. The van der Waals surface area contributed by atoms with Gasteiger partial charge in [0.15, 0.2) is 0 Å². The third-order valence-electron chi connectivity index (χ3n) is 2.63. The molecule has 0 atom stereocenters. The molecule has 3 N–H and O–H groups in total. The molecule has 100 valence electrons. The van der Waals surface area contributed by atoms with Gasteiger partial charge in [-0.1, -0.05) is 17.7 Å². The van der Waals surface area contributed by atoms with Gasteiger partial charge in [0.1, 0.15) is 17.3 Å². The minimum atomic E-state index is -0.448. The van der Waals surface area contributed by atoms with E-state index in [1.54, 1.807) is 13.1 Å². The van der Waals surface area contributed by atoms with Crippen molar-refractivity contribution >= 4 is 23.3 Å². The van der Waals surface area contributed by atoms with E-state index in [2.05, 4.69) is 10.2 Å². The summed E-state index contributed by atoms with van der Waals surface area (Å²) in [7, 11) is 1.54. The highest BCUT2D eigenvalue weighted by molar-refractivity contribution is 6.31. The van der Waals surface area contributed by atoms with Gasteiger partial charge in [0, 0.05) is 23.7 Å². The molecule has 0 spiro atoms. The van der Waals surface area contributed by atoms with E-state index in [0.29, 0.717) is 0 Å². The highest BCUT2D eigenvalue weighted by atomic mass is 35.5. The molecule has 1 heterocycles. The Kier molecular flexibility index (Phi) is 3.71. The molecular formula is C12H12ClFN4O. The van der Waals surface area contributed by atoms with Crippen LogP contribution in [0.5, 0.6) is 0 Å². The van der Waals surface area contributed by atoms with Crippen molar-refractivity contribution in [3.63, 3.8) is 0 Å². The van der Waals surface area contributed by atoms with Gasteiger partial charge in [-0.15, -0.1) is 0 Å². The molecule has 1 amide bonds. The number of nitrogens with one attached hydrogen (secondary N) is 1. The Morgan fingerprint density at radius 2 is 2.32 bits per heavy atom. The zero-order valence-electron chi connectivity index (χ0n) is 10.2. The zero-order valence-corrected chi connectivity index (χ0v) is 10.9. The number of nitrogen functional groups attached to an aromatic ring is 1. The molecule has 1 aromatic heterocycles. The number of aromatic nitrogens is 2. The maximum Gasteiger partial charge on any atom is 0.271 e. The normalized spacial score (nSPS) is 10.5. The second kappa shape index (κ2) is 5.27. The average Bonchev–Trinajstić information content (AvgIpc) is 2.79. The van der Waals surface area contributed by atoms with Gasteiger partial charge < -0.3 is 10.6 Å². The number of hydrogen-bond acceptors (Lipinski definition) is 3. The summed E-state index contributed by atoms with van der Waals surface area (Å²) in [5, 5.41) is 6.46. The number of rotatable bonds is 3. The van der Waals surface area contributed by atoms with Crippen molar-refractivity contribution in [2.24, 2.45) is 0 Å². The monoisotopic (exact) mass is 282 g/mol. The van der Waals surface area contributed by atoms with Crippen LogP contribution >= 0.6 is 11.6 Å². The maximum atomic E-state index is 13.6. The van der Waals surface area contributed by atoms with E-state index in [0.717, 1.165) is 0 Å². The molecule has 0 fully saturated rings. The van der Waals surface area contributed by atoms with Crippen molar-refractivity contribution < 1.29 is 9.18 Å². The molecule has 0 bridgehead atoms. The Balaban J connectivity index is 2.17. The Morgan fingerprint density at radius 1 is 1.58 bits per heavy atom. The van der Waals surface area contributed by atoms with Crippen molar-refractivity contribution in [3.8, 4) is 0 Å². The Morgan fingerprint density at radius 3 is 2.89 bits per heavy atom. The van der Waals surface area contributed by atoms with Gasteiger partial charge >= 0.3 is 0 Å². The van der Waals surface area contributed by atoms with Crippen LogP contribution < -0.4 is 5.73 Å². The molecule has 5 nitrogen and oxygen atoms in total. The molecule has 0 unspecified atom stereocenters. The Bertz CT molecular complexity index is 593. The number of amides is 1. The molecular weight excluding hydrogens is 271 g/mol. The van der Waals surface area contributed by atoms with Crippen LogP contribution in [0.25, 0.3) is 0 Å². The fraction of sp³-hybridized carbons (Fsp3) is 0.167. The van der Waals surface area contributed by atoms with Gasteiger partial charge in [0.2, 0.25) is 0 Å². The summed E-state index contributed by atoms with van der Waals surface area (Å²) in [5.74, 6) is -0.569. The average molecular weight is 283 g/mol. The predicted molar refractivity (Wildman–Crippen MR) is 70.2 cm³/mol. The van der Waals surface area contributed by atoms with Gasteiger partial charge in [-0.3, -0.25) is 9.89 Å². The van der Waals surface area contributed by atoms with Crippen LogP contribution in [0, 0.1) is 5.82 Å². The van der Waals surface area contributed by atoms with Crippen LogP contribution in [0.3, 0.4) is 0 Å². The van der Waals surface area contributed by atoms with Crippen LogP contribution in [0.1, 0.15) is 16.1 Å². The number of carbonyl (C=O) groups excluding carboxylic acids is 1. The lowest BCUT2D eigenvalue weighted by molar-refractivity contribution is 0.0778. The summed E-state index contributed by atoms with van der Waals surface area (Å²) in [6, 6.07) is 5.81. The van der Waals surface area contributed by atoms with Crippen molar-refractivity contribution in [2.75, 3.05) is 12.8 Å². The second-order valence-corrected chi connectivity index (χ2v) is 4.48. The van der Waals surface area contributed by atoms with E-state index < -0.39 is 5.82 Å². The molecule has 0 aliphatic carbocycles. The highest BCUT2D eigenvalue weighted by Gasteiger charge is 2.17. The Hall–Kier alpha value is -2.08. The molecule has 0 saturated carbocycles. The standard InChI is InChI=1S/C12H12ClFN4O/c1-18(12(19)10-5-11(15)17-16-10)6-7-8(13)3-2-4-9(7)14/h2-5H,6H2,1H3,(H3,15,16,17). The van der Waals surface area contributed by atoms with E-state index >= 15 is 0 Å². The minimum Gasteiger partial charge on any atom is -0.382 e. The number of nitrogens with zero attached hydrogens (tertiary/aromatic N) is 2. The third-order valence-corrected chi connectivity index (χ3v) is 2.99. The third kappa shape index (κ3) is 2.85. The lowest BCUT2D eigenvalue weighted by atomic mass is 10.2. The van der Waals surface area contributed by atoms with E-state index in [1.807, 2.05) is 0 Å². The van der Waals surface area contributed by atoms with Gasteiger partial charge in [-0.25, -0.2) is 4.39 Å². The molecule has 0 aliphatic heterocycles. The first-order valence-electron chi connectivity index (χ1n) is 5.48. The number of halogens is 2. The van der Waals surface area contributed by atoms with Crippen molar-refractivity contribution in [2.45, 2.75) is 6.54 Å².